The van der Waals surface area contributed by atoms with E-state index in [1.807, 2.05) is 13.8 Å². The zero-order valence-electron chi connectivity index (χ0n) is 16.2. The van der Waals surface area contributed by atoms with Crippen LogP contribution in [0.2, 0.25) is 10.0 Å². The quantitative estimate of drug-likeness (QED) is 0.241. The van der Waals surface area contributed by atoms with Gasteiger partial charge in [-0.2, -0.15) is 0 Å². The molecule has 2 rings (SSSR count). The molecular formula is C24H24Cl2O2. The molecule has 0 aliphatic rings. The second-order valence-electron chi connectivity index (χ2n) is 6.89. The van der Waals surface area contributed by atoms with Crippen molar-refractivity contribution in [2.45, 2.75) is 39.5 Å². The summed E-state index contributed by atoms with van der Waals surface area (Å²) in [4.78, 5) is 24.5. The van der Waals surface area contributed by atoms with Crippen molar-refractivity contribution in [3.05, 3.63) is 93.0 Å². The van der Waals surface area contributed by atoms with E-state index in [-0.39, 0.29) is 11.6 Å². The highest BCUT2D eigenvalue weighted by molar-refractivity contribution is 6.31. The number of allylic oxidation sites excluding steroid dienone is 4. The van der Waals surface area contributed by atoms with E-state index in [1.165, 1.54) is 0 Å². The standard InChI is InChI=1S/C24H24Cl2O2/c1-17(15-23(27)19-7-11-21(25)12-8-19)5-3-4-6-18(2)16-24(28)20-9-13-22(26)14-10-20/h5-14H,3-4,15-16H2,1-2H3/b17-5+,18-6+. The number of carbonyl (C=O) groups excluding carboxylic acids is 2. The number of Topliss-reactive ketones (excluding diaryl/α,β-unsaturated/α-hetero) is 2. The molecule has 0 bridgehead atoms. The molecule has 0 fully saturated rings. The van der Waals surface area contributed by atoms with Gasteiger partial charge in [-0.3, -0.25) is 9.59 Å². The Morgan fingerprint density at radius 3 is 1.32 bits per heavy atom. The van der Waals surface area contributed by atoms with Gasteiger partial charge in [0.25, 0.3) is 0 Å². The third-order valence-corrected chi connectivity index (χ3v) is 4.87. The molecular weight excluding hydrogens is 391 g/mol. The molecule has 0 radical (unpaired) electrons. The molecule has 146 valence electrons. The predicted octanol–water partition coefficient (Wildman–Crippen LogP) is 7.51. The molecule has 0 N–H and O–H groups in total. The molecule has 2 aromatic rings. The largest absolute Gasteiger partial charge is 0.294 e. The van der Waals surface area contributed by atoms with Gasteiger partial charge in [-0.1, -0.05) is 46.5 Å². The van der Waals surface area contributed by atoms with Crippen LogP contribution >= 0.6 is 23.2 Å². The summed E-state index contributed by atoms with van der Waals surface area (Å²) in [5.41, 5.74) is 3.44. The Hall–Kier alpha value is -2.16. The van der Waals surface area contributed by atoms with Crippen LogP contribution in [0.4, 0.5) is 0 Å². The van der Waals surface area contributed by atoms with Gasteiger partial charge in [0.1, 0.15) is 0 Å². The van der Waals surface area contributed by atoms with Gasteiger partial charge in [-0.25, -0.2) is 0 Å². The Balaban J connectivity index is 1.79. The Bertz CT molecular complexity index is 800. The molecule has 0 saturated carbocycles. The average Bonchev–Trinajstić information content (AvgIpc) is 2.66. The molecule has 0 spiro atoms. The summed E-state index contributed by atoms with van der Waals surface area (Å²) < 4.78 is 0. The fraction of sp³-hybridized carbons (Fsp3) is 0.250. The first-order valence-electron chi connectivity index (χ1n) is 9.24. The van der Waals surface area contributed by atoms with Crippen molar-refractivity contribution in [3.63, 3.8) is 0 Å². The van der Waals surface area contributed by atoms with Crippen molar-refractivity contribution in [1.82, 2.24) is 0 Å². The minimum Gasteiger partial charge on any atom is -0.294 e. The van der Waals surface area contributed by atoms with Crippen LogP contribution in [0, 0.1) is 0 Å². The van der Waals surface area contributed by atoms with Crippen molar-refractivity contribution in [3.8, 4) is 0 Å². The molecule has 0 aromatic heterocycles. The third kappa shape index (κ3) is 7.46. The Kier molecular flexibility index (Phi) is 8.69. The highest BCUT2D eigenvalue weighted by atomic mass is 35.5. The molecule has 4 heteroatoms. The summed E-state index contributed by atoms with van der Waals surface area (Å²) in [7, 11) is 0. The summed E-state index contributed by atoms with van der Waals surface area (Å²) in [6, 6.07) is 13.9. The van der Waals surface area contributed by atoms with E-state index >= 15 is 0 Å². The minimum atomic E-state index is 0.0886. The maximum absolute atomic E-state index is 12.2. The zero-order valence-corrected chi connectivity index (χ0v) is 17.7. The van der Waals surface area contributed by atoms with Gasteiger partial charge in [0.15, 0.2) is 11.6 Å². The molecule has 0 atom stereocenters. The first kappa shape index (κ1) is 22.1. The monoisotopic (exact) mass is 414 g/mol. The van der Waals surface area contributed by atoms with Gasteiger partial charge in [-0.05, 0) is 75.2 Å². The minimum absolute atomic E-state index is 0.0886. The van der Waals surface area contributed by atoms with Crippen molar-refractivity contribution >= 4 is 34.8 Å². The van der Waals surface area contributed by atoms with E-state index in [0.29, 0.717) is 34.0 Å². The highest BCUT2D eigenvalue weighted by Crippen LogP contribution is 2.16. The van der Waals surface area contributed by atoms with Crippen LogP contribution in [0.15, 0.2) is 71.8 Å². The summed E-state index contributed by atoms with van der Waals surface area (Å²) >= 11 is 11.7. The molecule has 0 saturated heterocycles. The van der Waals surface area contributed by atoms with Crippen LogP contribution in [-0.2, 0) is 0 Å². The second-order valence-corrected chi connectivity index (χ2v) is 7.76. The number of benzene rings is 2. The van der Waals surface area contributed by atoms with Crippen LogP contribution in [0.25, 0.3) is 0 Å². The molecule has 0 amide bonds. The second kappa shape index (κ2) is 11.0. The van der Waals surface area contributed by atoms with E-state index in [0.717, 1.165) is 24.0 Å². The number of halogens is 2. The number of carbonyl (C=O) groups is 2. The van der Waals surface area contributed by atoms with Gasteiger partial charge in [0, 0.05) is 34.0 Å². The van der Waals surface area contributed by atoms with Crippen molar-refractivity contribution < 1.29 is 9.59 Å². The number of ketones is 2. The summed E-state index contributed by atoms with van der Waals surface area (Å²) in [6.45, 7) is 3.93. The maximum Gasteiger partial charge on any atom is 0.166 e. The molecule has 0 aliphatic heterocycles. The van der Waals surface area contributed by atoms with Crippen LogP contribution < -0.4 is 0 Å². The van der Waals surface area contributed by atoms with E-state index < -0.39 is 0 Å². The summed E-state index contributed by atoms with van der Waals surface area (Å²) in [5, 5.41) is 1.25. The highest BCUT2D eigenvalue weighted by Gasteiger charge is 2.07. The van der Waals surface area contributed by atoms with Crippen molar-refractivity contribution in [1.29, 1.82) is 0 Å². The van der Waals surface area contributed by atoms with Gasteiger partial charge < -0.3 is 0 Å². The van der Waals surface area contributed by atoms with E-state index in [4.69, 9.17) is 23.2 Å². The fourth-order valence-electron chi connectivity index (χ4n) is 2.79. The number of unbranched alkanes of at least 4 members (excludes halogenated alkanes) is 1. The zero-order chi connectivity index (χ0) is 20.5. The predicted molar refractivity (Wildman–Crippen MR) is 118 cm³/mol. The van der Waals surface area contributed by atoms with Crippen molar-refractivity contribution in [2.24, 2.45) is 0 Å². The molecule has 28 heavy (non-hydrogen) atoms. The average molecular weight is 415 g/mol. The smallest absolute Gasteiger partial charge is 0.166 e. The van der Waals surface area contributed by atoms with Crippen LogP contribution in [0.3, 0.4) is 0 Å². The third-order valence-electron chi connectivity index (χ3n) is 4.36. The number of hydrogen-bond donors (Lipinski definition) is 0. The van der Waals surface area contributed by atoms with Crippen LogP contribution in [0.1, 0.15) is 60.2 Å². The lowest BCUT2D eigenvalue weighted by atomic mass is 10.0. The molecule has 0 heterocycles. The SMILES string of the molecule is C/C(=C\CC/C=C(\C)CC(=O)c1ccc(Cl)cc1)CC(=O)c1ccc(Cl)cc1. The normalized spacial score (nSPS) is 12.1. The molecule has 2 aromatic carbocycles. The van der Waals surface area contributed by atoms with E-state index in [9.17, 15) is 9.59 Å². The Labute approximate surface area is 176 Å². The van der Waals surface area contributed by atoms with Crippen molar-refractivity contribution in [2.75, 3.05) is 0 Å². The van der Waals surface area contributed by atoms with Gasteiger partial charge in [0.2, 0.25) is 0 Å². The fourth-order valence-corrected chi connectivity index (χ4v) is 3.04. The maximum atomic E-state index is 12.2. The number of hydrogen-bond acceptors (Lipinski definition) is 2. The van der Waals surface area contributed by atoms with Gasteiger partial charge in [-0.15, -0.1) is 0 Å². The van der Waals surface area contributed by atoms with Gasteiger partial charge in [0.05, 0.1) is 0 Å². The van der Waals surface area contributed by atoms with Crippen LogP contribution in [-0.4, -0.2) is 11.6 Å². The molecule has 2 nitrogen and oxygen atoms in total. The number of rotatable bonds is 9. The lowest BCUT2D eigenvalue weighted by Crippen LogP contribution is -1.99. The lowest BCUT2D eigenvalue weighted by molar-refractivity contribution is 0.0984. The van der Waals surface area contributed by atoms with Crippen LogP contribution in [0.5, 0.6) is 0 Å². The summed E-state index contributed by atoms with van der Waals surface area (Å²) in [5.74, 6) is 0.177. The lowest BCUT2D eigenvalue weighted by Gasteiger charge is -2.03. The molecule has 0 unspecified atom stereocenters. The first-order chi connectivity index (χ1) is 13.3. The first-order valence-corrected chi connectivity index (χ1v) is 9.99. The van der Waals surface area contributed by atoms with E-state index in [2.05, 4.69) is 12.2 Å². The molecule has 0 aliphatic carbocycles. The van der Waals surface area contributed by atoms with E-state index in [1.54, 1.807) is 48.5 Å². The van der Waals surface area contributed by atoms with Gasteiger partial charge >= 0.3 is 0 Å². The summed E-state index contributed by atoms with van der Waals surface area (Å²) in [6.07, 6.45) is 6.65. The Morgan fingerprint density at radius 1 is 0.679 bits per heavy atom. The Morgan fingerprint density at radius 2 is 1.00 bits per heavy atom. The topological polar surface area (TPSA) is 34.1 Å².